The molecule has 0 bridgehead atoms. The van der Waals surface area contributed by atoms with Gasteiger partial charge in [-0.2, -0.15) is 5.26 Å². The number of hydrogen-bond donors (Lipinski definition) is 1. The molecule has 0 atom stereocenters. The summed E-state index contributed by atoms with van der Waals surface area (Å²) in [6, 6.07) is 9.09. The minimum atomic E-state index is -0.106. The number of nitrogens with one attached hydrogen (secondary N) is 1. The van der Waals surface area contributed by atoms with E-state index in [-0.39, 0.29) is 5.91 Å². The van der Waals surface area contributed by atoms with Crippen LogP contribution >= 0.6 is 0 Å². The Morgan fingerprint density at radius 3 is 2.80 bits per heavy atom. The average Bonchev–Trinajstić information content (AvgIpc) is 2.98. The Bertz CT molecular complexity index is 636. The minimum absolute atomic E-state index is 0.106. The van der Waals surface area contributed by atoms with Crippen molar-refractivity contribution < 1.29 is 4.79 Å². The van der Waals surface area contributed by atoms with Gasteiger partial charge in [-0.1, -0.05) is 12.1 Å². The highest BCUT2D eigenvalue weighted by Crippen LogP contribution is 2.06. The number of nitriles is 1. The minimum Gasteiger partial charge on any atom is -0.347 e. The number of rotatable bonds is 4. The summed E-state index contributed by atoms with van der Waals surface area (Å²) in [6.07, 6.45) is 6.60. The standard InChI is InChI=1S/C15H14N4O/c1-19(11-14-17-8-9-18-14)15(20)7-6-12-2-4-13(10-16)5-3-12/h2-9H,11H2,1H3,(H,17,18). The maximum Gasteiger partial charge on any atom is 0.246 e. The topological polar surface area (TPSA) is 72.8 Å². The van der Waals surface area contributed by atoms with Gasteiger partial charge in [0, 0.05) is 25.5 Å². The molecular formula is C15H14N4O. The summed E-state index contributed by atoms with van der Waals surface area (Å²) in [4.78, 5) is 20.5. The average molecular weight is 266 g/mol. The first-order chi connectivity index (χ1) is 9.69. The number of H-pyrrole nitrogens is 1. The first kappa shape index (κ1) is 13.6. The molecule has 0 saturated carbocycles. The third-order valence-electron chi connectivity index (χ3n) is 2.78. The van der Waals surface area contributed by atoms with Crippen molar-refractivity contribution in [1.29, 1.82) is 5.26 Å². The van der Waals surface area contributed by atoms with Crippen LogP contribution in [0.25, 0.3) is 6.08 Å². The summed E-state index contributed by atoms with van der Waals surface area (Å²) in [5, 5.41) is 8.70. The summed E-state index contributed by atoms with van der Waals surface area (Å²) in [7, 11) is 1.72. The third kappa shape index (κ3) is 3.56. The van der Waals surface area contributed by atoms with Crippen LogP contribution in [-0.2, 0) is 11.3 Å². The smallest absolute Gasteiger partial charge is 0.246 e. The number of carbonyl (C=O) groups excluding carboxylic acids is 1. The van der Waals surface area contributed by atoms with Crippen LogP contribution in [0.15, 0.2) is 42.7 Å². The van der Waals surface area contributed by atoms with Crippen LogP contribution in [0.3, 0.4) is 0 Å². The number of benzene rings is 1. The van der Waals surface area contributed by atoms with Gasteiger partial charge in [-0.25, -0.2) is 4.98 Å². The van der Waals surface area contributed by atoms with Gasteiger partial charge >= 0.3 is 0 Å². The van der Waals surface area contributed by atoms with Crippen LogP contribution < -0.4 is 0 Å². The summed E-state index contributed by atoms with van der Waals surface area (Å²) in [6.45, 7) is 0.434. The fourth-order valence-corrected chi connectivity index (χ4v) is 1.65. The lowest BCUT2D eigenvalue weighted by Crippen LogP contribution is -2.24. The molecule has 1 aromatic heterocycles. The second-order valence-electron chi connectivity index (χ2n) is 4.30. The number of carbonyl (C=O) groups is 1. The second kappa shape index (κ2) is 6.34. The van der Waals surface area contributed by atoms with E-state index in [1.165, 1.54) is 6.08 Å². The first-order valence-corrected chi connectivity index (χ1v) is 6.10. The number of hydrogen-bond acceptors (Lipinski definition) is 3. The number of likely N-dealkylation sites (N-methyl/N-ethyl adjacent to an activating group) is 1. The van der Waals surface area contributed by atoms with E-state index in [0.29, 0.717) is 12.1 Å². The Morgan fingerprint density at radius 2 is 2.20 bits per heavy atom. The molecule has 5 nitrogen and oxygen atoms in total. The SMILES string of the molecule is CN(Cc1ncc[nH]1)C(=O)C=Cc1ccc(C#N)cc1. The fourth-order valence-electron chi connectivity index (χ4n) is 1.65. The van der Waals surface area contributed by atoms with Crippen molar-refractivity contribution in [2.45, 2.75) is 6.54 Å². The van der Waals surface area contributed by atoms with E-state index >= 15 is 0 Å². The molecule has 0 aliphatic heterocycles. The highest BCUT2D eigenvalue weighted by Gasteiger charge is 2.06. The Labute approximate surface area is 117 Å². The maximum absolute atomic E-state index is 11.9. The molecule has 0 aliphatic rings. The van der Waals surface area contributed by atoms with Crippen molar-refractivity contribution in [3.63, 3.8) is 0 Å². The number of amides is 1. The predicted octanol–water partition coefficient (Wildman–Crippen LogP) is 1.95. The van der Waals surface area contributed by atoms with Gasteiger partial charge in [0.15, 0.2) is 0 Å². The molecule has 0 unspecified atom stereocenters. The molecule has 2 aromatic rings. The van der Waals surface area contributed by atoms with E-state index in [0.717, 1.165) is 11.4 Å². The molecule has 100 valence electrons. The Balaban J connectivity index is 1.95. The second-order valence-corrected chi connectivity index (χ2v) is 4.30. The molecular weight excluding hydrogens is 252 g/mol. The third-order valence-corrected chi connectivity index (χ3v) is 2.78. The monoisotopic (exact) mass is 266 g/mol. The molecule has 0 saturated heterocycles. The van der Waals surface area contributed by atoms with E-state index in [9.17, 15) is 4.79 Å². The zero-order valence-corrected chi connectivity index (χ0v) is 11.1. The molecule has 1 aromatic carbocycles. The van der Waals surface area contributed by atoms with Crippen molar-refractivity contribution >= 4 is 12.0 Å². The van der Waals surface area contributed by atoms with Gasteiger partial charge in [0.2, 0.25) is 5.91 Å². The molecule has 0 aliphatic carbocycles. The molecule has 0 fully saturated rings. The van der Waals surface area contributed by atoms with E-state index in [1.54, 1.807) is 54.7 Å². The van der Waals surface area contributed by atoms with Crippen LogP contribution in [0, 0.1) is 11.3 Å². The number of aromatic nitrogens is 2. The highest BCUT2D eigenvalue weighted by molar-refractivity contribution is 5.91. The van der Waals surface area contributed by atoms with Crippen LogP contribution in [-0.4, -0.2) is 27.8 Å². The lowest BCUT2D eigenvalue weighted by atomic mass is 10.1. The fraction of sp³-hybridized carbons (Fsp3) is 0.133. The summed E-state index contributed by atoms with van der Waals surface area (Å²) in [5.74, 6) is 0.637. The lowest BCUT2D eigenvalue weighted by molar-refractivity contribution is -0.125. The molecule has 0 spiro atoms. The Morgan fingerprint density at radius 1 is 1.45 bits per heavy atom. The molecule has 1 heterocycles. The van der Waals surface area contributed by atoms with Gasteiger partial charge < -0.3 is 9.88 Å². The van der Waals surface area contributed by atoms with Crippen molar-refractivity contribution in [2.75, 3.05) is 7.05 Å². The number of imidazole rings is 1. The lowest BCUT2D eigenvalue weighted by Gasteiger charge is -2.12. The van der Waals surface area contributed by atoms with Crippen LogP contribution in [0.1, 0.15) is 17.0 Å². The van der Waals surface area contributed by atoms with Crippen molar-refractivity contribution in [3.05, 3.63) is 59.7 Å². The molecule has 1 amide bonds. The normalized spacial score (nSPS) is 10.4. The molecule has 2 rings (SSSR count). The van der Waals surface area contributed by atoms with E-state index < -0.39 is 0 Å². The van der Waals surface area contributed by atoms with Gasteiger partial charge in [0.1, 0.15) is 5.82 Å². The first-order valence-electron chi connectivity index (χ1n) is 6.10. The maximum atomic E-state index is 11.9. The van der Waals surface area contributed by atoms with Gasteiger partial charge in [-0.3, -0.25) is 4.79 Å². The van der Waals surface area contributed by atoms with E-state index in [2.05, 4.69) is 16.0 Å². The number of nitrogens with zero attached hydrogens (tertiary/aromatic N) is 3. The summed E-state index contributed by atoms with van der Waals surface area (Å²) < 4.78 is 0. The quantitative estimate of drug-likeness (QED) is 0.860. The van der Waals surface area contributed by atoms with Crippen LogP contribution in [0.4, 0.5) is 0 Å². The van der Waals surface area contributed by atoms with Gasteiger partial charge in [-0.15, -0.1) is 0 Å². The number of aromatic amines is 1. The van der Waals surface area contributed by atoms with Gasteiger partial charge in [0.25, 0.3) is 0 Å². The molecule has 1 N–H and O–H groups in total. The van der Waals surface area contributed by atoms with E-state index in [4.69, 9.17) is 5.26 Å². The summed E-state index contributed by atoms with van der Waals surface area (Å²) in [5.41, 5.74) is 1.48. The zero-order valence-electron chi connectivity index (χ0n) is 11.1. The van der Waals surface area contributed by atoms with Crippen molar-refractivity contribution in [1.82, 2.24) is 14.9 Å². The molecule has 0 radical (unpaired) electrons. The van der Waals surface area contributed by atoms with Crippen molar-refractivity contribution in [2.24, 2.45) is 0 Å². The zero-order chi connectivity index (χ0) is 14.4. The molecule has 5 heteroatoms. The van der Waals surface area contributed by atoms with Gasteiger partial charge in [-0.05, 0) is 23.8 Å². The van der Waals surface area contributed by atoms with Gasteiger partial charge in [0.05, 0.1) is 18.2 Å². The molecule has 20 heavy (non-hydrogen) atoms. The van der Waals surface area contributed by atoms with Crippen molar-refractivity contribution in [3.8, 4) is 6.07 Å². The van der Waals surface area contributed by atoms with Crippen LogP contribution in [0.2, 0.25) is 0 Å². The Hall–Kier alpha value is -2.87. The predicted molar refractivity (Wildman–Crippen MR) is 75.3 cm³/mol. The Kier molecular flexibility index (Phi) is 4.30. The highest BCUT2D eigenvalue weighted by atomic mass is 16.2. The van der Waals surface area contributed by atoms with E-state index in [1.807, 2.05) is 0 Å². The van der Waals surface area contributed by atoms with Crippen LogP contribution in [0.5, 0.6) is 0 Å². The largest absolute Gasteiger partial charge is 0.347 e. The summed E-state index contributed by atoms with van der Waals surface area (Å²) >= 11 is 0.